The van der Waals surface area contributed by atoms with Gasteiger partial charge < -0.3 is 0 Å². The number of nitro groups is 1. The number of hydrazone groups is 1. The lowest BCUT2D eigenvalue weighted by Crippen LogP contribution is -2.18. The summed E-state index contributed by atoms with van der Waals surface area (Å²) in [6.07, 6.45) is 4.27. The summed E-state index contributed by atoms with van der Waals surface area (Å²) in [6, 6.07) is 12.1. The molecule has 0 radical (unpaired) electrons. The number of aromatic nitrogens is 2. The molecule has 1 aromatic heterocycles. The van der Waals surface area contributed by atoms with Crippen LogP contribution in [-0.2, 0) is 10.0 Å². The quantitative estimate of drug-likeness (QED) is 0.230. The van der Waals surface area contributed by atoms with Crippen LogP contribution in [0, 0.1) is 10.1 Å². The van der Waals surface area contributed by atoms with Gasteiger partial charge in [0.2, 0.25) is 0 Å². The summed E-state index contributed by atoms with van der Waals surface area (Å²) in [5.41, 5.74) is 0.190. The normalized spacial score (nSPS) is 11.5. The molecule has 0 saturated carbocycles. The molecule has 148 valence electrons. The highest BCUT2D eigenvalue weighted by atomic mass is 79.9. The molecule has 0 amide bonds. The number of hydrogen-bond donors (Lipinski definition) is 1. The van der Waals surface area contributed by atoms with Gasteiger partial charge in [-0.3, -0.25) is 10.1 Å². The molecule has 3 aromatic rings. The number of benzene rings is 2. The van der Waals surface area contributed by atoms with Crippen LogP contribution >= 0.6 is 27.7 Å². The number of nitro benzene ring substituents is 1. The van der Waals surface area contributed by atoms with Crippen LogP contribution in [0.3, 0.4) is 0 Å². The number of hydrogen-bond acceptors (Lipinski definition) is 8. The van der Waals surface area contributed by atoms with Gasteiger partial charge in [-0.2, -0.15) is 13.5 Å². The second-order valence-electron chi connectivity index (χ2n) is 5.42. The molecule has 0 atom stereocenters. The van der Waals surface area contributed by atoms with Crippen molar-refractivity contribution in [1.82, 2.24) is 14.8 Å². The smallest absolute Gasteiger partial charge is 0.258 e. The lowest BCUT2D eigenvalue weighted by Gasteiger charge is -2.04. The van der Waals surface area contributed by atoms with Gasteiger partial charge in [0.05, 0.1) is 20.9 Å². The van der Waals surface area contributed by atoms with Gasteiger partial charge in [0.25, 0.3) is 15.7 Å². The number of nitrogens with one attached hydrogen (secondary N) is 1. The summed E-state index contributed by atoms with van der Waals surface area (Å²) in [5.74, 6) is 0. The Bertz CT molecular complexity index is 1160. The monoisotopic (exact) mass is 493 g/mol. The molecule has 0 spiro atoms. The summed E-state index contributed by atoms with van der Waals surface area (Å²) in [5, 5.41) is 15.5. The third-order valence-corrected chi connectivity index (χ3v) is 6.16. The fourth-order valence-electron chi connectivity index (χ4n) is 2.12. The first-order chi connectivity index (χ1) is 13.8. The number of rotatable bonds is 7. The molecule has 0 fully saturated rings. The van der Waals surface area contributed by atoms with Gasteiger partial charge in [-0.15, -0.1) is 0 Å². The maximum absolute atomic E-state index is 12.2. The van der Waals surface area contributed by atoms with Crippen molar-refractivity contribution in [3.8, 4) is 0 Å². The first kappa shape index (κ1) is 20.9. The van der Waals surface area contributed by atoms with Crippen LogP contribution in [0.2, 0.25) is 0 Å². The predicted octanol–water partition coefficient (Wildman–Crippen LogP) is 3.61. The molecule has 1 N–H and O–H groups in total. The highest BCUT2D eigenvalue weighted by Gasteiger charge is 2.17. The molecule has 29 heavy (non-hydrogen) atoms. The van der Waals surface area contributed by atoms with Crippen molar-refractivity contribution in [3.63, 3.8) is 0 Å². The van der Waals surface area contributed by atoms with E-state index in [1.165, 1.54) is 30.5 Å². The van der Waals surface area contributed by atoms with Crippen molar-refractivity contribution >= 4 is 49.6 Å². The molecular formula is C17H12BrN5O4S2. The fraction of sp³-hybridized carbons (Fsp3) is 0. The molecule has 12 heteroatoms. The van der Waals surface area contributed by atoms with Gasteiger partial charge in [-0.25, -0.2) is 14.8 Å². The van der Waals surface area contributed by atoms with E-state index in [1.54, 1.807) is 36.7 Å². The molecule has 9 nitrogen and oxygen atoms in total. The van der Waals surface area contributed by atoms with E-state index in [0.717, 1.165) is 16.2 Å². The van der Waals surface area contributed by atoms with Crippen LogP contribution in [0.5, 0.6) is 0 Å². The Kier molecular flexibility index (Phi) is 6.56. The largest absolute Gasteiger partial charge is 0.283 e. The Labute approximate surface area is 178 Å². The third-order valence-electron chi connectivity index (χ3n) is 3.43. The van der Waals surface area contributed by atoms with Crippen molar-refractivity contribution in [2.45, 2.75) is 14.9 Å². The van der Waals surface area contributed by atoms with Crippen LogP contribution in [0.25, 0.3) is 0 Å². The molecule has 0 unspecified atom stereocenters. The topological polar surface area (TPSA) is 127 Å². The first-order valence-electron chi connectivity index (χ1n) is 7.89. The minimum absolute atomic E-state index is 0.0402. The molecule has 2 aromatic carbocycles. The molecule has 0 aliphatic carbocycles. The van der Waals surface area contributed by atoms with E-state index in [2.05, 4.69) is 35.8 Å². The standard InChI is InChI=1S/C17H12BrN5O4S2/c18-13-3-5-14(6-4-13)29(26,27)22-21-11-12-2-7-16(15(10-12)23(24)25)28-17-19-8-1-9-20-17/h1-11,22H. The summed E-state index contributed by atoms with van der Waals surface area (Å²) in [4.78, 5) is 21.4. The minimum atomic E-state index is -3.85. The molecule has 0 bridgehead atoms. The van der Waals surface area contributed by atoms with Crippen molar-refractivity contribution < 1.29 is 13.3 Å². The average molecular weight is 494 g/mol. The molecule has 0 aliphatic heterocycles. The summed E-state index contributed by atoms with van der Waals surface area (Å²) in [6.45, 7) is 0. The molecule has 0 aliphatic rings. The van der Waals surface area contributed by atoms with Crippen LogP contribution < -0.4 is 4.83 Å². The van der Waals surface area contributed by atoms with Gasteiger partial charge >= 0.3 is 0 Å². The zero-order chi connectivity index (χ0) is 20.9. The van der Waals surface area contributed by atoms with Crippen LogP contribution in [0.1, 0.15) is 5.56 Å². The maximum Gasteiger partial charge on any atom is 0.283 e. The third kappa shape index (κ3) is 5.59. The molecule has 1 heterocycles. The Morgan fingerprint density at radius 3 is 2.48 bits per heavy atom. The predicted molar refractivity (Wildman–Crippen MR) is 111 cm³/mol. The first-order valence-corrected chi connectivity index (χ1v) is 11.0. The number of halogens is 1. The second-order valence-corrected chi connectivity index (χ2v) is 9.01. The van der Waals surface area contributed by atoms with E-state index in [-0.39, 0.29) is 10.6 Å². The fourth-order valence-corrected chi connectivity index (χ4v) is 3.97. The van der Waals surface area contributed by atoms with E-state index in [4.69, 9.17) is 0 Å². The minimum Gasteiger partial charge on any atom is -0.258 e. The van der Waals surface area contributed by atoms with Gasteiger partial charge in [-0.1, -0.05) is 22.0 Å². The van der Waals surface area contributed by atoms with E-state index < -0.39 is 14.9 Å². The highest BCUT2D eigenvalue weighted by molar-refractivity contribution is 9.10. The zero-order valence-corrected chi connectivity index (χ0v) is 17.7. The summed E-state index contributed by atoms with van der Waals surface area (Å²) < 4.78 is 25.1. The van der Waals surface area contributed by atoms with E-state index in [9.17, 15) is 18.5 Å². The van der Waals surface area contributed by atoms with E-state index >= 15 is 0 Å². The Morgan fingerprint density at radius 2 is 1.83 bits per heavy atom. The highest BCUT2D eigenvalue weighted by Crippen LogP contribution is 2.33. The van der Waals surface area contributed by atoms with Crippen LogP contribution in [0.4, 0.5) is 5.69 Å². The number of sulfonamides is 1. The lowest BCUT2D eigenvalue weighted by atomic mass is 10.2. The van der Waals surface area contributed by atoms with E-state index in [1.807, 2.05) is 0 Å². The average Bonchev–Trinajstić information content (AvgIpc) is 2.70. The number of nitrogens with zero attached hydrogens (tertiary/aromatic N) is 4. The van der Waals surface area contributed by atoms with Crippen LogP contribution in [0.15, 0.2) is 85.4 Å². The maximum atomic E-state index is 12.2. The second kappa shape index (κ2) is 9.11. The molecule has 3 rings (SSSR count). The van der Waals surface area contributed by atoms with Gasteiger partial charge in [-0.05, 0) is 48.2 Å². The molecular weight excluding hydrogens is 482 g/mol. The van der Waals surface area contributed by atoms with Gasteiger partial charge in [0, 0.05) is 28.5 Å². The van der Waals surface area contributed by atoms with Crippen molar-refractivity contribution in [3.05, 3.63) is 81.1 Å². The van der Waals surface area contributed by atoms with Crippen LogP contribution in [-0.4, -0.2) is 29.5 Å². The van der Waals surface area contributed by atoms with Crippen molar-refractivity contribution in [2.24, 2.45) is 5.10 Å². The zero-order valence-electron chi connectivity index (χ0n) is 14.5. The summed E-state index contributed by atoms with van der Waals surface area (Å²) in [7, 11) is -3.85. The molecule has 0 saturated heterocycles. The Balaban J connectivity index is 1.78. The van der Waals surface area contributed by atoms with Gasteiger partial charge in [0.1, 0.15) is 0 Å². The lowest BCUT2D eigenvalue weighted by molar-refractivity contribution is -0.387. The van der Waals surface area contributed by atoms with Gasteiger partial charge in [0.15, 0.2) is 5.16 Å². The Hall–Kier alpha value is -2.83. The van der Waals surface area contributed by atoms with Crippen molar-refractivity contribution in [2.75, 3.05) is 0 Å². The van der Waals surface area contributed by atoms with Crippen molar-refractivity contribution in [1.29, 1.82) is 0 Å². The summed E-state index contributed by atoms with van der Waals surface area (Å²) >= 11 is 4.29. The SMILES string of the molecule is O=[N+]([O-])c1cc(C=NNS(=O)(=O)c2ccc(Br)cc2)ccc1Sc1ncccn1. The van der Waals surface area contributed by atoms with E-state index in [0.29, 0.717) is 15.6 Å². The Morgan fingerprint density at radius 1 is 1.14 bits per heavy atom.